The van der Waals surface area contributed by atoms with Crippen LogP contribution in [0.3, 0.4) is 0 Å². The summed E-state index contributed by atoms with van der Waals surface area (Å²) in [6, 6.07) is 2.05. The van der Waals surface area contributed by atoms with E-state index in [0.29, 0.717) is 6.54 Å². The molecule has 1 aliphatic carbocycles. The van der Waals surface area contributed by atoms with Gasteiger partial charge in [0.25, 0.3) is 0 Å². The third-order valence-corrected chi connectivity index (χ3v) is 5.55. The van der Waals surface area contributed by atoms with Gasteiger partial charge in [0.05, 0.1) is 16.4 Å². The number of hydrogen-bond acceptors (Lipinski definition) is 4. The quantitative estimate of drug-likeness (QED) is 0.903. The molecule has 0 atom stereocenters. The summed E-state index contributed by atoms with van der Waals surface area (Å²) < 4.78 is 1.23. The zero-order valence-electron chi connectivity index (χ0n) is 10.7. The SMILES string of the molecule is CC1CCC(CN)(c2nc3cnccc3s2)CC1. The maximum absolute atomic E-state index is 6.09. The molecule has 1 aliphatic rings. The monoisotopic (exact) mass is 261 g/mol. The highest BCUT2D eigenvalue weighted by molar-refractivity contribution is 7.18. The highest BCUT2D eigenvalue weighted by Crippen LogP contribution is 2.43. The molecule has 0 amide bonds. The van der Waals surface area contributed by atoms with Crippen LogP contribution < -0.4 is 5.73 Å². The van der Waals surface area contributed by atoms with Gasteiger partial charge in [0, 0.05) is 18.2 Å². The normalized spacial score (nSPS) is 28.7. The number of hydrogen-bond donors (Lipinski definition) is 1. The van der Waals surface area contributed by atoms with Crippen LogP contribution in [0.2, 0.25) is 0 Å². The molecule has 96 valence electrons. The fourth-order valence-electron chi connectivity index (χ4n) is 2.83. The Labute approximate surface area is 111 Å². The molecule has 0 spiro atoms. The van der Waals surface area contributed by atoms with Crippen molar-refractivity contribution in [1.29, 1.82) is 0 Å². The average Bonchev–Trinajstić information content (AvgIpc) is 2.84. The number of nitrogens with zero attached hydrogens (tertiary/aromatic N) is 2. The molecule has 3 nitrogen and oxygen atoms in total. The molecule has 0 saturated heterocycles. The largest absolute Gasteiger partial charge is 0.329 e. The van der Waals surface area contributed by atoms with E-state index in [9.17, 15) is 0 Å². The molecule has 0 radical (unpaired) electrons. The second kappa shape index (κ2) is 4.59. The van der Waals surface area contributed by atoms with Crippen molar-refractivity contribution in [1.82, 2.24) is 9.97 Å². The number of thiazole rings is 1. The lowest BCUT2D eigenvalue weighted by molar-refractivity contribution is 0.247. The molecule has 0 unspecified atom stereocenters. The molecule has 1 saturated carbocycles. The molecule has 0 bridgehead atoms. The Kier molecular flexibility index (Phi) is 3.08. The standard InChI is InChI=1S/C14H19N3S/c1-10-2-5-14(9-15,6-3-10)13-17-11-8-16-7-4-12(11)18-13/h4,7-8,10H,2-3,5-6,9,15H2,1H3. The topological polar surface area (TPSA) is 51.8 Å². The highest BCUT2D eigenvalue weighted by atomic mass is 32.1. The zero-order chi connectivity index (χ0) is 12.6. The molecule has 4 heteroatoms. The smallest absolute Gasteiger partial charge is 0.101 e. The predicted molar refractivity (Wildman–Crippen MR) is 75.8 cm³/mol. The Balaban J connectivity index is 2.00. The Morgan fingerprint density at radius 3 is 2.89 bits per heavy atom. The van der Waals surface area contributed by atoms with Crippen LogP contribution in [-0.4, -0.2) is 16.5 Å². The van der Waals surface area contributed by atoms with Crippen molar-refractivity contribution in [2.45, 2.75) is 38.0 Å². The molecule has 0 aromatic carbocycles. The number of pyridine rings is 1. The Bertz CT molecular complexity index is 508. The van der Waals surface area contributed by atoms with Crippen LogP contribution in [0, 0.1) is 5.92 Å². The predicted octanol–water partition coefficient (Wildman–Crippen LogP) is 3.10. The number of fused-ring (bicyclic) bond motifs is 1. The highest BCUT2D eigenvalue weighted by Gasteiger charge is 2.37. The van der Waals surface area contributed by atoms with Crippen molar-refractivity contribution in [3.8, 4) is 0 Å². The van der Waals surface area contributed by atoms with Gasteiger partial charge in [0.2, 0.25) is 0 Å². The first kappa shape index (κ1) is 12.1. The summed E-state index contributed by atoms with van der Waals surface area (Å²) in [5.41, 5.74) is 7.23. The van der Waals surface area contributed by atoms with E-state index < -0.39 is 0 Å². The van der Waals surface area contributed by atoms with E-state index in [0.717, 1.165) is 11.4 Å². The third kappa shape index (κ3) is 1.93. The first-order valence-corrected chi connectivity index (χ1v) is 7.46. The van der Waals surface area contributed by atoms with E-state index in [1.165, 1.54) is 35.4 Å². The van der Waals surface area contributed by atoms with Gasteiger partial charge in [-0.05, 0) is 37.7 Å². The first-order valence-electron chi connectivity index (χ1n) is 6.65. The summed E-state index contributed by atoms with van der Waals surface area (Å²) in [7, 11) is 0. The summed E-state index contributed by atoms with van der Waals surface area (Å²) in [4.78, 5) is 8.93. The van der Waals surface area contributed by atoms with Crippen LogP contribution in [-0.2, 0) is 5.41 Å². The summed E-state index contributed by atoms with van der Waals surface area (Å²) in [6.45, 7) is 3.05. The minimum absolute atomic E-state index is 0.121. The van der Waals surface area contributed by atoms with Gasteiger partial charge in [-0.1, -0.05) is 6.92 Å². The molecule has 2 heterocycles. The van der Waals surface area contributed by atoms with Crippen molar-refractivity contribution in [3.05, 3.63) is 23.5 Å². The van der Waals surface area contributed by atoms with Crippen LogP contribution in [0.1, 0.15) is 37.6 Å². The van der Waals surface area contributed by atoms with E-state index in [-0.39, 0.29) is 5.41 Å². The Hall–Kier alpha value is -1.00. The van der Waals surface area contributed by atoms with Gasteiger partial charge < -0.3 is 5.73 Å². The molecule has 2 N–H and O–H groups in total. The molecule has 1 fully saturated rings. The van der Waals surface area contributed by atoms with Crippen molar-refractivity contribution in [2.24, 2.45) is 11.7 Å². The summed E-state index contributed by atoms with van der Waals surface area (Å²) >= 11 is 1.80. The summed E-state index contributed by atoms with van der Waals surface area (Å²) in [5.74, 6) is 0.834. The van der Waals surface area contributed by atoms with Crippen LogP contribution in [0.4, 0.5) is 0 Å². The van der Waals surface area contributed by atoms with Gasteiger partial charge in [-0.2, -0.15) is 0 Å². The van der Waals surface area contributed by atoms with Gasteiger partial charge in [-0.25, -0.2) is 4.98 Å². The summed E-state index contributed by atoms with van der Waals surface area (Å²) in [6.07, 6.45) is 8.58. The van der Waals surface area contributed by atoms with Crippen LogP contribution in [0.15, 0.2) is 18.5 Å². The van der Waals surface area contributed by atoms with Crippen molar-refractivity contribution in [3.63, 3.8) is 0 Å². The van der Waals surface area contributed by atoms with E-state index in [1.54, 1.807) is 11.3 Å². The lowest BCUT2D eigenvalue weighted by Gasteiger charge is -2.36. The molecule has 18 heavy (non-hydrogen) atoms. The van der Waals surface area contributed by atoms with Crippen molar-refractivity contribution >= 4 is 21.6 Å². The molecular weight excluding hydrogens is 242 g/mol. The van der Waals surface area contributed by atoms with Crippen LogP contribution in [0.25, 0.3) is 10.2 Å². The lowest BCUT2D eigenvalue weighted by Crippen LogP contribution is -2.38. The minimum atomic E-state index is 0.121. The Morgan fingerprint density at radius 2 is 2.22 bits per heavy atom. The molecule has 2 aromatic heterocycles. The van der Waals surface area contributed by atoms with Crippen LogP contribution >= 0.6 is 11.3 Å². The number of nitrogens with two attached hydrogens (primary N) is 1. The van der Waals surface area contributed by atoms with Crippen molar-refractivity contribution in [2.75, 3.05) is 6.54 Å². The first-order chi connectivity index (χ1) is 8.73. The Morgan fingerprint density at radius 1 is 1.44 bits per heavy atom. The maximum Gasteiger partial charge on any atom is 0.101 e. The van der Waals surface area contributed by atoms with Gasteiger partial charge in [-0.15, -0.1) is 11.3 Å². The average molecular weight is 261 g/mol. The van der Waals surface area contributed by atoms with Gasteiger partial charge in [0.1, 0.15) is 5.01 Å². The fourth-order valence-corrected chi connectivity index (χ4v) is 4.01. The second-order valence-corrected chi connectivity index (χ2v) is 6.56. The van der Waals surface area contributed by atoms with E-state index in [4.69, 9.17) is 10.7 Å². The van der Waals surface area contributed by atoms with Crippen LogP contribution in [0.5, 0.6) is 0 Å². The molecule has 3 rings (SSSR count). The van der Waals surface area contributed by atoms with E-state index in [1.807, 2.05) is 18.5 Å². The number of aromatic nitrogens is 2. The second-order valence-electron chi connectivity index (χ2n) is 5.53. The van der Waals surface area contributed by atoms with E-state index in [2.05, 4.69) is 11.9 Å². The maximum atomic E-state index is 6.09. The van der Waals surface area contributed by atoms with E-state index >= 15 is 0 Å². The molecule has 2 aromatic rings. The van der Waals surface area contributed by atoms with Crippen molar-refractivity contribution < 1.29 is 0 Å². The van der Waals surface area contributed by atoms with Gasteiger partial charge >= 0.3 is 0 Å². The minimum Gasteiger partial charge on any atom is -0.329 e. The molecule has 0 aliphatic heterocycles. The summed E-state index contributed by atoms with van der Waals surface area (Å²) in [5, 5.41) is 1.22. The van der Waals surface area contributed by atoms with Gasteiger partial charge in [0.15, 0.2) is 0 Å². The number of rotatable bonds is 2. The fraction of sp³-hybridized carbons (Fsp3) is 0.571. The third-order valence-electron chi connectivity index (χ3n) is 4.27. The lowest BCUT2D eigenvalue weighted by atomic mass is 9.71. The van der Waals surface area contributed by atoms with Gasteiger partial charge in [-0.3, -0.25) is 4.98 Å². The molecular formula is C14H19N3S. The zero-order valence-corrected chi connectivity index (χ0v) is 11.5.